The second-order valence-corrected chi connectivity index (χ2v) is 4.60. The fraction of sp³-hybridized carbons (Fsp3) is 0.538. The molecule has 1 aromatic rings. The Kier molecular flexibility index (Phi) is 4.81. The number of aryl methyl sites for hydroxylation is 1. The van der Waals surface area contributed by atoms with Crippen molar-refractivity contribution >= 4 is 5.69 Å². The van der Waals surface area contributed by atoms with E-state index in [1.807, 2.05) is 0 Å². The summed E-state index contributed by atoms with van der Waals surface area (Å²) in [5.41, 5.74) is 0.366. The SMILES string of the molecule is O=[N+]([O-])c1cc(CCCN2CCOCC2)ccc1F. The van der Waals surface area contributed by atoms with Crippen LogP contribution in [0.15, 0.2) is 18.2 Å². The summed E-state index contributed by atoms with van der Waals surface area (Å²) in [6.07, 6.45) is 1.63. The molecule has 0 saturated carbocycles. The van der Waals surface area contributed by atoms with Crippen molar-refractivity contribution in [2.45, 2.75) is 12.8 Å². The predicted molar refractivity (Wildman–Crippen MR) is 68.6 cm³/mol. The molecule has 6 heteroatoms. The third-order valence-electron chi connectivity index (χ3n) is 3.25. The molecule has 1 heterocycles. The van der Waals surface area contributed by atoms with Gasteiger partial charge >= 0.3 is 5.69 Å². The van der Waals surface area contributed by atoms with E-state index in [0.717, 1.165) is 51.3 Å². The molecule has 0 N–H and O–H groups in total. The van der Waals surface area contributed by atoms with Gasteiger partial charge in [-0.05, 0) is 31.0 Å². The summed E-state index contributed by atoms with van der Waals surface area (Å²) in [6, 6.07) is 4.11. The van der Waals surface area contributed by atoms with Crippen LogP contribution in [0.4, 0.5) is 10.1 Å². The van der Waals surface area contributed by atoms with Crippen LogP contribution in [0.25, 0.3) is 0 Å². The maximum atomic E-state index is 13.2. The highest BCUT2D eigenvalue weighted by atomic mass is 19.1. The van der Waals surface area contributed by atoms with Crippen LogP contribution in [-0.4, -0.2) is 42.7 Å². The Labute approximate surface area is 111 Å². The second kappa shape index (κ2) is 6.58. The maximum Gasteiger partial charge on any atom is 0.305 e. The largest absolute Gasteiger partial charge is 0.379 e. The lowest BCUT2D eigenvalue weighted by molar-refractivity contribution is -0.387. The molecule has 0 aromatic heterocycles. The molecule has 1 aliphatic rings. The van der Waals surface area contributed by atoms with Gasteiger partial charge in [0.1, 0.15) is 0 Å². The van der Waals surface area contributed by atoms with E-state index in [9.17, 15) is 14.5 Å². The van der Waals surface area contributed by atoms with E-state index in [2.05, 4.69) is 4.90 Å². The van der Waals surface area contributed by atoms with Gasteiger partial charge in [0.2, 0.25) is 5.82 Å². The first-order valence-corrected chi connectivity index (χ1v) is 6.40. The van der Waals surface area contributed by atoms with Crippen molar-refractivity contribution in [1.82, 2.24) is 4.90 Å². The van der Waals surface area contributed by atoms with Crippen molar-refractivity contribution in [3.63, 3.8) is 0 Å². The van der Waals surface area contributed by atoms with Gasteiger partial charge in [-0.2, -0.15) is 4.39 Å². The first-order valence-electron chi connectivity index (χ1n) is 6.40. The van der Waals surface area contributed by atoms with Crippen LogP contribution >= 0.6 is 0 Å². The van der Waals surface area contributed by atoms with Crippen LogP contribution in [0.3, 0.4) is 0 Å². The Balaban J connectivity index is 1.85. The summed E-state index contributed by atoms with van der Waals surface area (Å²) in [7, 11) is 0. The van der Waals surface area contributed by atoms with Gasteiger partial charge in [-0.15, -0.1) is 0 Å². The van der Waals surface area contributed by atoms with Gasteiger partial charge in [0.15, 0.2) is 0 Å². The molecule has 0 atom stereocenters. The van der Waals surface area contributed by atoms with Crippen molar-refractivity contribution in [1.29, 1.82) is 0 Å². The minimum Gasteiger partial charge on any atom is -0.379 e. The smallest absolute Gasteiger partial charge is 0.305 e. The minimum atomic E-state index is -0.776. The molecule has 0 bridgehead atoms. The number of halogens is 1. The van der Waals surface area contributed by atoms with E-state index < -0.39 is 16.4 Å². The third-order valence-corrected chi connectivity index (χ3v) is 3.25. The van der Waals surface area contributed by atoms with Crippen molar-refractivity contribution in [2.75, 3.05) is 32.8 Å². The van der Waals surface area contributed by atoms with E-state index in [4.69, 9.17) is 4.74 Å². The summed E-state index contributed by atoms with van der Waals surface area (Å²) >= 11 is 0. The standard InChI is InChI=1S/C13H17FN2O3/c14-12-4-3-11(10-13(12)16(17)18)2-1-5-15-6-8-19-9-7-15/h3-4,10H,1-2,5-9H2. The van der Waals surface area contributed by atoms with E-state index in [-0.39, 0.29) is 0 Å². The summed E-state index contributed by atoms with van der Waals surface area (Å²) in [5.74, 6) is -0.776. The van der Waals surface area contributed by atoms with Crippen LogP contribution in [0.2, 0.25) is 0 Å². The molecular formula is C13H17FN2O3. The van der Waals surface area contributed by atoms with Crippen LogP contribution in [0.5, 0.6) is 0 Å². The van der Waals surface area contributed by atoms with E-state index in [1.54, 1.807) is 6.07 Å². The molecule has 0 aliphatic carbocycles. The van der Waals surface area contributed by atoms with Crippen LogP contribution in [0.1, 0.15) is 12.0 Å². The van der Waals surface area contributed by atoms with Crippen molar-refractivity contribution in [3.8, 4) is 0 Å². The lowest BCUT2D eigenvalue weighted by Gasteiger charge is -2.26. The fourth-order valence-electron chi connectivity index (χ4n) is 2.19. The number of rotatable bonds is 5. The zero-order valence-corrected chi connectivity index (χ0v) is 10.7. The molecule has 104 valence electrons. The lowest BCUT2D eigenvalue weighted by Crippen LogP contribution is -2.36. The molecule has 0 unspecified atom stereocenters. The van der Waals surface area contributed by atoms with Gasteiger partial charge in [0.25, 0.3) is 0 Å². The van der Waals surface area contributed by atoms with Crippen LogP contribution in [-0.2, 0) is 11.2 Å². The van der Waals surface area contributed by atoms with Gasteiger partial charge in [0.05, 0.1) is 18.1 Å². The van der Waals surface area contributed by atoms with Crippen molar-refractivity contribution in [3.05, 3.63) is 39.7 Å². The lowest BCUT2D eigenvalue weighted by atomic mass is 10.1. The molecule has 5 nitrogen and oxygen atoms in total. The highest BCUT2D eigenvalue weighted by molar-refractivity contribution is 5.36. The number of nitro groups is 1. The molecule has 1 aromatic carbocycles. The molecule has 2 rings (SSSR count). The number of hydrogen-bond acceptors (Lipinski definition) is 4. The van der Waals surface area contributed by atoms with E-state index in [0.29, 0.717) is 0 Å². The predicted octanol–water partition coefficient (Wildman–Crippen LogP) is 2.00. The molecule has 0 radical (unpaired) electrons. The molecule has 1 aliphatic heterocycles. The zero-order chi connectivity index (χ0) is 13.7. The van der Waals surface area contributed by atoms with Crippen molar-refractivity contribution in [2.24, 2.45) is 0 Å². The quantitative estimate of drug-likeness (QED) is 0.605. The van der Waals surface area contributed by atoms with Gasteiger partial charge < -0.3 is 4.74 Å². The molecule has 1 fully saturated rings. The zero-order valence-electron chi connectivity index (χ0n) is 10.7. The van der Waals surface area contributed by atoms with E-state index in [1.165, 1.54) is 12.1 Å². The second-order valence-electron chi connectivity index (χ2n) is 4.60. The number of nitro benzene ring substituents is 1. The fourth-order valence-corrected chi connectivity index (χ4v) is 2.19. The Morgan fingerprint density at radius 1 is 1.37 bits per heavy atom. The first kappa shape index (κ1) is 13.9. The highest BCUT2D eigenvalue weighted by Crippen LogP contribution is 2.19. The molecule has 0 amide bonds. The normalized spacial score (nSPS) is 16.5. The Morgan fingerprint density at radius 2 is 2.11 bits per heavy atom. The molecule has 19 heavy (non-hydrogen) atoms. The van der Waals surface area contributed by atoms with E-state index >= 15 is 0 Å². The van der Waals surface area contributed by atoms with Gasteiger partial charge in [-0.1, -0.05) is 6.07 Å². The number of ether oxygens (including phenoxy) is 1. The van der Waals surface area contributed by atoms with Gasteiger partial charge in [0, 0.05) is 19.2 Å². The average molecular weight is 268 g/mol. The topological polar surface area (TPSA) is 55.6 Å². The molecule has 0 spiro atoms. The minimum absolute atomic E-state index is 0.441. The van der Waals surface area contributed by atoms with Gasteiger partial charge in [-0.25, -0.2) is 0 Å². The number of hydrogen-bond donors (Lipinski definition) is 0. The number of morpholine rings is 1. The summed E-state index contributed by atoms with van der Waals surface area (Å²) < 4.78 is 18.4. The maximum absolute atomic E-state index is 13.2. The Hall–Kier alpha value is -1.53. The van der Waals surface area contributed by atoms with Crippen LogP contribution < -0.4 is 0 Å². The average Bonchev–Trinajstić information content (AvgIpc) is 2.41. The molecule has 1 saturated heterocycles. The summed E-state index contributed by atoms with van der Waals surface area (Å²) in [4.78, 5) is 12.3. The molecular weight excluding hydrogens is 251 g/mol. The highest BCUT2D eigenvalue weighted by Gasteiger charge is 2.14. The third kappa shape index (κ3) is 3.97. The Morgan fingerprint density at radius 3 is 2.79 bits per heavy atom. The summed E-state index contributed by atoms with van der Waals surface area (Å²) in [5, 5.41) is 10.6. The van der Waals surface area contributed by atoms with Crippen molar-refractivity contribution < 1.29 is 14.1 Å². The van der Waals surface area contributed by atoms with Gasteiger partial charge in [-0.3, -0.25) is 15.0 Å². The number of nitrogens with zero attached hydrogens (tertiary/aromatic N) is 2. The van der Waals surface area contributed by atoms with Crippen LogP contribution in [0, 0.1) is 15.9 Å². The first-order chi connectivity index (χ1) is 9.16. The summed E-state index contributed by atoms with van der Waals surface area (Å²) in [6.45, 7) is 4.34. The Bertz CT molecular complexity index is 448. The number of benzene rings is 1. The monoisotopic (exact) mass is 268 g/mol.